The molecule has 1 aliphatic carbocycles. The van der Waals surface area contributed by atoms with Crippen molar-refractivity contribution in [1.82, 2.24) is 0 Å². The molecule has 3 aromatic rings. The molecule has 1 unspecified atom stereocenters. The zero-order valence-electron chi connectivity index (χ0n) is 17.1. The first-order valence-electron chi connectivity index (χ1n) is 10.4. The van der Waals surface area contributed by atoms with E-state index < -0.39 is 5.63 Å². The quantitative estimate of drug-likeness (QED) is 0.557. The highest BCUT2D eigenvalue weighted by molar-refractivity contribution is 5.42. The van der Waals surface area contributed by atoms with Gasteiger partial charge in [-0.15, -0.1) is 0 Å². The van der Waals surface area contributed by atoms with Crippen LogP contribution in [0.1, 0.15) is 61.5 Å². The minimum absolute atomic E-state index is 0.0600. The summed E-state index contributed by atoms with van der Waals surface area (Å²) >= 11 is 0. The summed E-state index contributed by atoms with van der Waals surface area (Å²) in [6.45, 7) is 4.12. The monoisotopic (exact) mass is 388 g/mol. The maximum atomic E-state index is 13.0. The van der Waals surface area contributed by atoms with Crippen molar-refractivity contribution in [3.8, 4) is 5.75 Å². The molecule has 1 aliphatic rings. The molecule has 3 nitrogen and oxygen atoms in total. The third-order valence-corrected chi connectivity index (χ3v) is 6.08. The lowest BCUT2D eigenvalue weighted by molar-refractivity contribution is 0.325. The second-order valence-corrected chi connectivity index (χ2v) is 8.79. The second kappa shape index (κ2) is 7.90. The van der Waals surface area contributed by atoms with Crippen LogP contribution >= 0.6 is 0 Å². The molecule has 0 amide bonds. The largest absolute Gasteiger partial charge is 0.507 e. The Morgan fingerprint density at radius 1 is 1.03 bits per heavy atom. The van der Waals surface area contributed by atoms with Gasteiger partial charge in [0, 0.05) is 17.4 Å². The first kappa shape index (κ1) is 19.5. The Hall–Kier alpha value is -2.81. The lowest BCUT2D eigenvalue weighted by Gasteiger charge is -2.25. The lowest BCUT2D eigenvalue weighted by atomic mass is 9.82. The molecular formula is C26H28O3. The highest BCUT2D eigenvalue weighted by Gasteiger charge is 2.38. The fourth-order valence-corrected chi connectivity index (χ4v) is 4.10. The molecule has 0 aliphatic heterocycles. The first-order valence-corrected chi connectivity index (χ1v) is 10.4. The van der Waals surface area contributed by atoms with Gasteiger partial charge in [-0.1, -0.05) is 74.5 Å². The van der Waals surface area contributed by atoms with Gasteiger partial charge in [0.2, 0.25) is 0 Å². The third-order valence-electron chi connectivity index (χ3n) is 6.08. The van der Waals surface area contributed by atoms with E-state index in [-0.39, 0.29) is 17.1 Å². The van der Waals surface area contributed by atoms with Crippen LogP contribution in [0.3, 0.4) is 0 Å². The van der Waals surface area contributed by atoms with Crippen molar-refractivity contribution < 1.29 is 9.52 Å². The van der Waals surface area contributed by atoms with Gasteiger partial charge >= 0.3 is 5.63 Å². The molecule has 2 aromatic carbocycles. The Bertz CT molecular complexity index is 1010. The number of hydrogen-bond acceptors (Lipinski definition) is 3. The molecule has 1 fully saturated rings. The molecule has 150 valence electrons. The van der Waals surface area contributed by atoms with Crippen LogP contribution in [0.5, 0.6) is 5.75 Å². The Morgan fingerprint density at radius 3 is 2.24 bits per heavy atom. The van der Waals surface area contributed by atoms with Crippen molar-refractivity contribution in [1.29, 1.82) is 0 Å². The van der Waals surface area contributed by atoms with E-state index in [1.807, 2.05) is 48.5 Å². The van der Waals surface area contributed by atoms with Crippen LogP contribution in [0.25, 0.3) is 0 Å². The zero-order valence-corrected chi connectivity index (χ0v) is 17.1. The van der Waals surface area contributed by atoms with Crippen molar-refractivity contribution in [3.05, 3.63) is 99.6 Å². The molecule has 0 saturated heterocycles. The van der Waals surface area contributed by atoms with Crippen LogP contribution in [0.4, 0.5) is 0 Å². The van der Waals surface area contributed by atoms with Crippen LogP contribution in [0.15, 0.2) is 75.9 Å². The molecule has 1 heterocycles. The Labute approximate surface area is 172 Å². The summed E-state index contributed by atoms with van der Waals surface area (Å²) in [5.74, 6) is 0.893. The normalized spacial score (nSPS) is 15.2. The molecule has 4 rings (SSSR count). The van der Waals surface area contributed by atoms with Crippen molar-refractivity contribution in [2.24, 2.45) is 5.92 Å². The topological polar surface area (TPSA) is 50.4 Å². The van der Waals surface area contributed by atoms with Crippen LogP contribution in [-0.2, 0) is 11.8 Å². The lowest BCUT2D eigenvalue weighted by Crippen LogP contribution is -2.23. The van der Waals surface area contributed by atoms with Crippen LogP contribution < -0.4 is 5.63 Å². The SMILES string of the molecule is CC(C)(CCc1ccccc1)c1cc(O)c(C(c2ccccc2)C2CC2)c(=O)o1. The van der Waals surface area contributed by atoms with Gasteiger partial charge < -0.3 is 9.52 Å². The van der Waals surface area contributed by atoms with Gasteiger partial charge in [-0.3, -0.25) is 0 Å². The number of aromatic hydroxyl groups is 1. The summed E-state index contributed by atoms with van der Waals surface area (Å²) in [5, 5.41) is 10.9. The number of hydrogen-bond donors (Lipinski definition) is 1. The van der Waals surface area contributed by atoms with Gasteiger partial charge in [0.25, 0.3) is 0 Å². The Morgan fingerprint density at radius 2 is 1.66 bits per heavy atom. The fraction of sp³-hybridized carbons (Fsp3) is 0.346. The summed E-state index contributed by atoms with van der Waals surface area (Å²) in [6, 6.07) is 21.9. The molecule has 1 atom stereocenters. The van der Waals surface area contributed by atoms with E-state index in [9.17, 15) is 9.90 Å². The van der Waals surface area contributed by atoms with Gasteiger partial charge in [-0.05, 0) is 42.7 Å². The number of rotatable bonds is 7. The third kappa shape index (κ3) is 4.29. The van der Waals surface area contributed by atoms with Gasteiger partial charge in [-0.2, -0.15) is 0 Å². The maximum absolute atomic E-state index is 13.0. The highest BCUT2D eigenvalue weighted by Crippen LogP contribution is 2.47. The summed E-state index contributed by atoms with van der Waals surface area (Å²) in [4.78, 5) is 13.0. The van der Waals surface area contributed by atoms with Gasteiger partial charge in [0.05, 0.1) is 5.56 Å². The van der Waals surface area contributed by atoms with Crippen LogP contribution in [-0.4, -0.2) is 5.11 Å². The minimum Gasteiger partial charge on any atom is -0.507 e. The molecule has 0 radical (unpaired) electrons. The molecule has 1 N–H and O–H groups in total. The summed E-state index contributed by atoms with van der Waals surface area (Å²) in [5.41, 5.74) is 1.96. The van der Waals surface area contributed by atoms with E-state index in [2.05, 4.69) is 26.0 Å². The van der Waals surface area contributed by atoms with E-state index in [1.54, 1.807) is 6.07 Å². The van der Waals surface area contributed by atoms with E-state index in [0.29, 0.717) is 17.2 Å². The summed E-state index contributed by atoms with van der Waals surface area (Å²) in [7, 11) is 0. The molecular weight excluding hydrogens is 360 g/mol. The highest BCUT2D eigenvalue weighted by atomic mass is 16.4. The van der Waals surface area contributed by atoms with E-state index in [1.165, 1.54) is 5.56 Å². The average Bonchev–Trinajstić information content (AvgIpc) is 3.55. The Kier molecular flexibility index (Phi) is 5.31. The number of aryl methyl sites for hydroxylation is 1. The van der Waals surface area contributed by atoms with E-state index >= 15 is 0 Å². The molecule has 1 saturated carbocycles. The second-order valence-electron chi connectivity index (χ2n) is 8.79. The van der Waals surface area contributed by atoms with Crippen LogP contribution in [0, 0.1) is 5.92 Å². The predicted molar refractivity (Wildman–Crippen MR) is 115 cm³/mol. The van der Waals surface area contributed by atoms with Gasteiger partial charge in [-0.25, -0.2) is 4.79 Å². The molecule has 29 heavy (non-hydrogen) atoms. The van der Waals surface area contributed by atoms with Crippen molar-refractivity contribution >= 4 is 0 Å². The first-order chi connectivity index (χ1) is 14.0. The molecule has 0 spiro atoms. The summed E-state index contributed by atoms with van der Waals surface area (Å²) < 4.78 is 5.81. The van der Waals surface area contributed by atoms with Crippen molar-refractivity contribution in [2.45, 2.75) is 50.9 Å². The molecule has 1 aromatic heterocycles. The maximum Gasteiger partial charge on any atom is 0.343 e. The van der Waals surface area contributed by atoms with Gasteiger partial charge in [0.15, 0.2) is 0 Å². The van der Waals surface area contributed by atoms with Gasteiger partial charge in [0.1, 0.15) is 11.5 Å². The van der Waals surface area contributed by atoms with Crippen molar-refractivity contribution in [3.63, 3.8) is 0 Å². The molecule has 3 heteroatoms. The van der Waals surface area contributed by atoms with E-state index in [4.69, 9.17) is 4.42 Å². The standard InChI is InChI=1S/C26H28O3/c1-26(2,16-15-18-9-5-3-6-10-18)22-17-21(27)24(25(28)29-22)23(20-13-14-20)19-11-7-4-8-12-19/h3-12,17,20,23,27H,13-16H2,1-2H3. The predicted octanol–water partition coefficient (Wildman–Crippen LogP) is 5.80. The summed E-state index contributed by atoms with van der Waals surface area (Å²) in [6.07, 6.45) is 3.85. The minimum atomic E-state index is -0.409. The zero-order chi connectivity index (χ0) is 20.4. The van der Waals surface area contributed by atoms with Crippen LogP contribution in [0.2, 0.25) is 0 Å². The van der Waals surface area contributed by atoms with Crippen molar-refractivity contribution in [2.75, 3.05) is 0 Å². The average molecular weight is 389 g/mol. The number of benzene rings is 2. The molecule has 0 bridgehead atoms. The smallest absolute Gasteiger partial charge is 0.343 e. The van der Waals surface area contributed by atoms with E-state index in [0.717, 1.165) is 31.2 Å². The fourth-order valence-electron chi connectivity index (χ4n) is 4.10. The Balaban J connectivity index is 1.63.